The Kier molecular flexibility index (Phi) is 6.19. The van der Waals surface area contributed by atoms with Crippen LogP contribution in [0.25, 0.3) is 0 Å². The molecule has 2 heterocycles. The molecule has 3 rings (SSSR count). The normalized spacial score (nSPS) is 14.9. The Morgan fingerprint density at radius 2 is 2.11 bits per heavy atom. The van der Waals surface area contributed by atoms with E-state index in [1.54, 1.807) is 0 Å². The third kappa shape index (κ3) is 5.09. The number of hydrogen-bond donors (Lipinski definition) is 1. The molecular formula is C20H31N5OS. The predicted octanol–water partition coefficient (Wildman–Crippen LogP) is 3.90. The third-order valence-corrected chi connectivity index (χ3v) is 5.76. The Balaban J connectivity index is 1.67. The van der Waals surface area contributed by atoms with Gasteiger partial charge in [0.15, 0.2) is 5.96 Å². The zero-order chi connectivity index (χ0) is 19.4. The molecule has 0 bridgehead atoms. The van der Waals surface area contributed by atoms with Crippen LogP contribution in [0.3, 0.4) is 0 Å². The van der Waals surface area contributed by atoms with E-state index in [1.165, 1.54) is 34.8 Å². The number of oxazole rings is 1. The minimum Gasteiger partial charge on any atom is -0.443 e. The number of aromatic nitrogens is 2. The lowest BCUT2D eigenvalue weighted by atomic mass is 9.94. The van der Waals surface area contributed by atoms with Crippen LogP contribution >= 0.6 is 11.3 Å². The van der Waals surface area contributed by atoms with Crippen molar-refractivity contribution in [3.05, 3.63) is 33.4 Å². The minimum atomic E-state index is -0.0415. The van der Waals surface area contributed by atoms with Crippen LogP contribution in [0.2, 0.25) is 0 Å². The third-order valence-electron chi connectivity index (χ3n) is 4.62. The molecule has 0 amide bonds. The van der Waals surface area contributed by atoms with Crippen molar-refractivity contribution in [3.8, 4) is 0 Å². The van der Waals surface area contributed by atoms with Gasteiger partial charge >= 0.3 is 0 Å². The van der Waals surface area contributed by atoms with Crippen LogP contribution in [-0.2, 0) is 31.3 Å². The van der Waals surface area contributed by atoms with Gasteiger partial charge in [0.2, 0.25) is 5.89 Å². The lowest BCUT2D eigenvalue weighted by Gasteiger charge is -2.20. The fraction of sp³-hybridized carbons (Fsp3) is 0.650. The Hall–Kier alpha value is -1.89. The van der Waals surface area contributed by atoms with E-state index in [4.69, 9.17) is 14.4 Å². The monoisotopic (exact) mass is 389 g/mol. The number of rotatable bonds is 5. The van der Waals surface area contributed by atoms with Crippen molar-refractivity contribution in [1.82, 2.24) is 20.2 Å². The number of fused-ring (bicyclic) bond motifs is 1. The molecule has 1 aliphatic carbocycles. The zero-order valence-corrected chi connectivity index (χ0v) is 17.9. The molecule has 0 atom stereocenters. The lowest BCUT2D eigenvalue weighted by molar-refractivity contribution is 0.382. The molecule has 0 spiro atoms. The van der Waals surface area contributed by atoms with Gasteiger partial charge in [0, 0.05) is 23.9 Å². The van der Waals surface area contributed by atoms with E-state index in [0.29, 0.717) is 12.4 Å². The van der Waals surface area contributed by atoms with Crippen molar-refractivity contribution in [2.24, 2.45) is 4.99 Å². The molecule has 1 N–H and O–H groups in total. The quantitative estimate of drug-likeness (QED) is 0.620. The Labute approximate surface area is 166 Å². The van der Waals surface area contributed by atoms with Gasteiger partial charge in [-0.05, 0) is 32.6 Å². The van der Waals surface area contributed by atoms with Crippen molar-refractivity contribution >= 4 is 17.3 Å². The summed E-state index contributed by atoms with van der Waals surface area (Å²) >= 11 is 1.85. The second-order valence-electron chi connectivity index (χ2n) is 8.08. The number of nitrogens with zero attached hydrogens (tertiary/aromatic N) is 4. The van der Waals surface area contributed by atoms with E-state index in [0.717, 1.165) is 31.2 Å². The van der Waals surface area contributed by atoms with Crippen LogP contribution in [0.1, 0.15) is 67.8 Å². The maximum atomic E-state index is 5.85. The molecule has 0 fully saturated rings. The van der Waals surface area contributed by atoms with Crippen LogP contribution in [0.5, 0.6) is 0 Å². The molecule has 0 aliphatic heterocycles. The molecule has 0 aromatic carbocycles. The van der Waals surface area contributed by atoms with Crippen molar-refractivity contribution in [2.45, 2.75) is 71.9 Å². The van der Waals surface area contributed by atoms with Crippen molar-refractivity contribution in [3.63, 3.8) is 0 Å². The molecular weight excluding hydrogens is 358 g/mol. The number of guanidine groups is 1. The maximum Gasteiger partial charge on any atom is 0.216 e. The Morgan fingerprint density at radius 3 is 2.78 bits per heavy atom. The van der Waals surface area contributed by atoms with E-state index >= 15 is 0 Å². The first kappa shape index (κ1) is 19.9. The summed E-state index contributed by atoms with van der Waals surface area (Å²) in [5.74, 6) is 2.38. The van der Waals surface area contributed by atoms with Crippen LogP contribution in [0.4, 0.5) is 0 Å². The highest BCUT2D eigenvalue weighted by Gasteiger charge is 2.20. The molecule has 7 heteroatoms. The van der Waals surface area contributed by atoms with Crippen molar-refractivity contribution in [1.29, 1.82) is 0 Å². The van der Waals surface area contributed by atoms with Crippen molar-refractivity contribution < 1.29 is 4.42 Å². The number of aliphatic imine (C=N–C) groups is 1. The average molecular weight is 390 g/mol. The van der Waals surface area contributed by atoms with Crippen LogP contribution in [0.15, 0.2) is 15.6 Å². The Morgan fingerprint density at radius 1 is 1.33 bits per heavy atom. The highest BCUT2D eigenvalue weighted by molar-refractivity contribution is 7.11. The smallest absolute Gasteiger partial charge is 0.216 e. The molecule has 0 saturated carbocycles. The summed E-state index contributed by atoms with van der Waals surface area (Å²) in [6.07, 6.45) is 6.68. The molecule has 1 aliphatic rings. The van der Waals surface area contributed by atoms with Gasteiger partial charge < -0.3 is 14.6 Å². The predicted molar refractivity (Wildman–Crippen MR) is 110 cm³/mol. The summed E-state index contributed by atoms with van der Waals surface area (Å²) in [6.45, 7) is 10.4. The van der Waals surface area contributed by atoms with Crippen LogP contribution in [-0.4, -0.2) is 34.4 Å². The first-order valence-corrected chi connectivity index (χ1v) is 10.6. The molecule has 0 saturated heterocycles. The number of aryl methyl sites for hydroxylation is 2. The number of nitrogens with one attached hydrogen (secondary N) is 1. The van der Waals surface area contributed by atoms with Gasteiger partial charge in [0.05, 0.1) is 18.4 Å². The van der Waals surface area contributed by atoms with E-state index in [1.807, 2.05) is 17.5 Å². The first-order valence-electron chi connectivity index (χ1n) is 9.79. The van der Waals surface area contributed by atoms with Gasteiger partial charge in [-0.1, -0.05) is 20.8 Å². The molecule has 27 heavy (non-hydrogen) atoms. The summed E-state index contributed by atoms with van der Waals surface area (Å²) in [6, 6.07) is 0. The summed E-state index contributed by atoms with van der Waals surface area (Å²) in [7, 11) is 2.05. The molecule has 0 unspecified atom stereocenters. The standard InChI is InChI=1S/C20H31N5OS/c1-6-21-19(23-12-17-22-11-16(26-17)20(2,3)4)25(5)13-18-24-14-9-7-8-10-15(14)27-18/h11H,6-10,12-13H2,1-5H3,(H,21,23). The van der Waals surface area contributed by atoms with Gasteiger partial charge in [-0.2, -0.15) is 0 Å². The number of hydrogen-bond acceptors (Lipinski definition) is 5. The SMILES string of the molecule is CCNC(=NCc1ncc(C(C)(C)C)o1)N(C)Cc1nc2c(s1)CCCC2. The number of thiazole rings is 1. The first-order chi connectivity index (χ1) is 12.9. The van der Waals surface area contributed by atoms with Gasteiger partial charge in [-0.25, -0.2) is 15.0 Å². The topological polar surface area (TPSA) is 66.6 Å². The highest BCUT2D eigenvalue weighted by atomic mass is 32.1. The van der Waals surface area contributed by atoms with E-state index in [9.17, 15) is 0 Å². The van der Waals surface area contributed by atoms with Crippen LogP contribution < -0.4 is 5.32 Å². The average Bonchev–Trinajstić information content (AvgIpc) is 3.24. The van der Waals surface area contributed by atoms with Gasteiger partial charge in [0.25, 0.3) is 0 Å². The van der Waals surface area contributed by atoms with Gasteiger partial charge in [0.1, 0.15) is 17.3 Å². The minimum absolute atomic E-state index is 0.0415. The maximum absolute atomic E-state index is 5.85. The van der Waals surface area contributed by atoms with E-state index in [-0.39, 0.29) is 5.41 Å². The lowest BCUT2D eigenvalue weighted by Crippen LogP contribution is -2.38. The van der Waals surface area contributed by atoms with Crippen LogP contribution in [0, 0.1) is 0 Å². The Bertz CT molecular complexity index is 763. The highest BCUT2D eigenvalue weighted by Crippen LogP contribution is 2.27. The molecule has 2 aromatic heterocycles. The largest absolute Gasteiger partial charge is 0.443 e. The fourth-order valence-corrected chi connectivity index (χ4v) is 4.30. The molecule has 0 radical (unpaired) electrons. The molecule has 2 aromatic rings. The second kappa shape index (κ2) is 8.42. The summed E-state index contributed by atoms with van der Waals surface area (Å²) < 4.78 is 5.85. The summed E-state index contributed by atoms with van der Waals surface area (Å²) in [5, 5.41) is 4.52. The zero-order valence-electron chi connectivity index (χ0n) is 17.1. The van der Waals surface area contributed by atoms with Gasteiger partial charge in [-0.3, -0.25) is 0 Å². The molecule has 6 nitrogen and oxygen atoms in total. The van der Waals surface area contributed by atoms with E-state index < -0.39 is 0 Å². The summed E-state index contributed by atoms with van der Waals surface area (Å²) in [4.78, 5) is 17.5. The van der Waals surface area contributed by atoms with Crippen molar-refractivity contribution in [2.75, 3.05) is 13.6 Å². The van der Waals surface area contributed by atoms with E-state index in [2.05, 4.69) is 49.9 Å². The fourth-order valence-electron chi connectivity index (χ4n) is 3.09. The summed E-state index contributed by atoms with van der Waals surface area (Å²) in [5.41, 5.74) is 1.27. The second-order valence-corrected chi connectivity index (χ2v) is 9.25. The molecule has 148 valence electrons. The van der Waals surface area contributed by atoms with Gasteiger partial charge in [-0.15, -0.1) is 11.3 Å².